The fraction of sp³-hybridized carbons (Fsp3) is 1.00. The second-order valence-electron chi connectivity index (χ2n) is 3.27. The van der Waals surface area contributed by atoms with Crippen molar-refractivity contribution in [1.29, 1.82) is 0 Å². The third-order valence-corrected chi connectivity index (χ3v) is 1.49. The molecule has 0 aromatic carbocycles. The first-order valence-electron chi connectivity index (χ1n) is 4.24. The molecule has 0 bridgehead atoms. The molecule has 0 fully saturated rings. The molecule has 0 radical (unpaired) electrons. The molecule has 0 aliphatic heterocycles. The van der Waals surface area contributed by atoms with Gasteiger partial charge in [0.05, 0.1) is 0 Å². The molecule has 0 atom stereocenters. The normalized spacial score (nSPS) is 12.5. The van der Waals surface area contributed by atoms with Crippen LogP contribution >= 0.6 is 0 Å². The predicted molar refractivity (Wildman–Crippen MR) is 43.3 cm³/mol. The summed E-state index contributed by atoms with van der Waals surface area (Å²) < 4.78 is 47.6. The molecule has 80 valence electrons. The third-order valence-electron chi connectivity index (χ3n) is 1.49. The van der Waals surface area contributed by atoms with Crippen molar-refractivity contribution in [3.63, 3.8) is 0 Å². The van der Waals surface area contributed by atoms with E-state index < -0.39 is 31.7 Å². The zero-order valence-electron chi connectivity index (χ0n) is 7.74. The van der Waals surface area contributed by atoms with Gasteiger partial charge in [-0.05, 0) is 0 Å². The zero-order valence-corrected chi connectivity index (χ0v) is 7.74. The van der Waals surface area contributed by atoms with Gasteiger partial charge in [-0.3, -0.25) is 0 Å². The number of alkyl halides is 4. The summed E-state index contributed by atoms with van der Waals surface area (Å²) in [6.07, 6.45) is -6.09. The SMILES string of the molecule is CC(C)NC(CC(F)F)CC(F)F. The molecule has 1 N–H and O–H groups in total. The summed E-state index contributed by atoms with van der Waals surface area (Å²) in [5, 5.41) is 2.68. The van der Waals surface area contributed by atoms with E-state index in [2.05, 4.69) is 5.32 Å². The van der Waals surface area contributed by atoms with Crippen LogP contribution in [0.3, 0.4) is 0 Å². The molecule has 0 amide bonds. The van der Waals surface area contributed by atoms with E-state index in [4.69, 9.17) is 0 Å². The Balaban J connectivity index is 3.87. The van der Waals surface area contributed by atoms with Crippen LogP contribution in [0.4, 0.5) is 17.6 Å². The van der Waals surface area contributed by atoms with E-state index in [-0.39, 0.29) is 6.04 Å². The quantitative estimate of drug-likeness (QED) is 0.651. The molecular formula is C8H15F4N. The van der Waals surface area contributed by atoms with Crippen LogP contribution in [0.15, 0.2) is 0 Å². The maximum atomic E-state index is 11.9. The predicted octanol–water partition coefficient (Wildman–Crippen LogP) is 2.66. The standard InChI is InChI=1S/C8H15F4N/c1-5(2)13-6(3-7(9)10)4-8(11)12/h5-8,13H,3-4H2,1-2H3. The van der Waals surface area contributed by atoms with Crippen LogP contribution in [-0.4, -0.2) is 24.9 Å². The van der Waals surface area contributed by atoms with Gasteiger partial charge in [-0.2, -0.15) is 0 Å². The van der Waals surface area contributed by atoms with Gasteiger partial charge in [0, 0.05) is 24.9 Å². The average Bonchev–Trinajstić information content (AvgIpc) is 1.80. The number of hydrogen-bond acceptors (Lipinski definition) is 1. The summed E-state index contributed by atoms with van der Waals surface area (Å²) in [7, 11) is 0. The third kappa shape index (κ3) is 8.02. The molecule has 0 aromatic heterocycles. The van der Waals surface area contributed by atoms with E-state index in [1.807, 2.05) is 0 Å². The first-order valence-corrected chi connectivity index (χ1v) is 4.24. The van der Waals surface area contributed by atoms with Crippen molar-refractivity contribution in [2.24, 2.45) is 0 Å². The second-order valence-corrected chi connectivity index (χ2v) is 3.27. The van der Waals surface area contributed by atoms with Gasteiger partial charge in [0.15, 0.2) is 0 Å². The van der Waals surface area contributed by atoms with E-state index in [1.54, 1.807) is 13.8 Å². The van der Waals surface area contributed by atoms with Crippen LogP contribution in [0.1, 0.15) is 26.7 Å². The minimum absolute atomic E-state index is 0.0532. The second kappa shape index (κ2) is 6.18. The van der Waals surface area contributed by atoms with E-state index in [0.717, 1.165) is 0 Å². The van der Waals surface area contributed by atoms with Crippen LogP contribution in [-0.2, 0) is 0 Å². The first-order chi connectivity index (χ1) is 5.91. The first kappa shape index (κ1) is 12.7. The smallest absolute Gasteiger partial charge is 0.240 e. The fourth-order valence-electron chi connectivity index (χ4n) is 1.13. The molecular weight excluding hydrogens is 186 g/mol. The number of halogens is 4. The molecule has 0 saturated heterocycles. The maximum Gasteiger partial charge on any atom is 0.240 e. The maximum absolute atomic E-state index is 11.9. The Kier molecular flexibility index (Phi) is 6.03. The van der Waals surface area contributed by atoms with Crippen molar-refractivity contribution in [2.75, 3.05) is 0 Å². The highest BCUT2D eigenvalue weighted by Crippen LogP contribution is 2.12. The molecule has 1 nitrogen and oxygen atoms in total. The van der Waals surface area contributed by atoms with Gasteiger partial charge < -0.3 is 5.32 Å². The number of nitrogens with one attached hydrogen (secondary N) is 1. The van der Waals surface area contributed by atoms with Gasteiger partial charge in [-0.25, -0.2) is 17.6 Å². The molecule has 0 aliphatic carbocycles. The Morgan fingerprint density at radius 1 is 0.923 bits per heavy atom. The molecule has 0 saturated carbocycles. The largest absolute Gasteiger partial charge is 0.311 e. The summed E-state index contributed by atoms with van der Waals surface area (Å²) in [4.78, 5) is 0. The summed E-state index contributed by atoms with van der Waals surface area (Å²) in [5.74, 6) is 0. The van der Waals surface area contributed by atoms with Crippen molar-refractivity contribution in [3.05, 3.63) is 0 Å². The topological polar surface area (TPSA) is 12.0 Å². The van der Waals surface area contributed by atoms with Gasteiger partial charge in [0.2, 0.25) is 12.9 Å². The highest BCUT2D eigenvalue weighted by molar-refractivity contribution is 4.71. The lowest BCUT2D eigenvalue weighted by molar-refractivity contribution is 0.0830. The minimum Gasteiger partial charge on any atom is -0.311 e. The van der Waals surface area contributed by atoms with E-state index in [9.17, 15) is 17.6 Å². The van der Waals surface area contributed by atoms with Crippen molar-refractivity contribution in [2.45, 2.75) is 51.6 Å². The summed E-state index contributed by atoms with van der Waals surface area (Å²) in [6, 6.07) is -0.845. The molecule has 13 heavy (non-hydrogen) atoms. The average molecular weight is 201 g/mol. The zero-order chi connectivity index (χ0) is 10.4. The van der Waals surface area contributed by atoms with Gasteiger partial charge in [-0.1, -0.05) is 13.8 Å². The number of hydrogen-bond donors (Lipinski definition) is 1. The fourth-order valence-corrected chi connectivity index (χ4v) is 1.13. The lowest BCUT2D eigenvalue weighted by atomic mass is 10.1. The van der Waals surface area contributed by atoms with E-state index in [1.165, 1.54) is 0 Å². The van der Waals surface area contributed by atoms with Crippen LogP contribution in [0, 0.1) is 0 Å². The molecule has 0 aromatic rings. The van der Waals surface area contributed by atoms with Crippen LogP contribution < -0.4 is 5.32 Å². The van der Waals surface area contributed by atoms with Crippen LogP contribution in [0.5, 0.6) is 0 Å². The molecule has 0 heterocycles. The van der Waals surface area contributed by atoms with Crippen LogP contribution in [0.2, 0.25) is 0 Å². The van der Waals surface area contributed by atoms with Gasteiger partial charge >= 0.3 is 0 Å². The molecule has 0 aliphatic rings. The highest BCUT2D eigenvalue weighted by atomic mass is 19.3. The Hall–Kier alpha value is -0.320. The van der Waals surface area contributed by atoms with Crippen molar-refractivity contribution in [1.82, 2.24) is 5.32 Å². The van der Waals surface area contributed by atoms with Gasteiger partial charge in [0.1, 0.15) is 0 Å². The van der Waals surface area contributed by atoms with Crippen LogP contribution in [0.25, 0.3) is 0 Å². The Morgan fingerprint density at radius 3 is 1.54 bits per heavy atom. The Morgan fingerprint density at radius 2 is 1.31 bits per heavy atom. The van der Waals surface area contributed by atoms with Crippen molar-refractivity contribution in [3.8, 4) is 0 Å². The van der Waals surface area contributed by atoms with Gasteiger partial charge in [0.25, 0.3) is 0 Å². The summed E-state index contributed by atoms with van der Waals surface area (Å²) >= 11 is 0. The van der Waals surface area contributed by atoms with E-state index in [0.29, 0.717) is 0 Å². The minimum atomic E-state index is -2.53. The monoisotopic (exact) mass is 201 g/mol. The Labute approximate surface area is 75.5 Å². The lowest BCUT2D eigenvalue weighted by Crippen LogP contribution is -2.37. The molecule has 5 heteroatoms. The summed E-state index contributed by atoms with van der Waals surface area (Å²) in [5.41, 5.74) is 0. The lowest BCUT2D eigenvalue weighted by Gasteiger charge is -2.20. The van der Waals surface area contributed by atoms with Crippen molar-refractivity contribution >= 4 is 0 Å². The summed E-state index contributed by atoms with van der Waals surface area (Å²) in [6.45, 7) is 3.48. The number of rotatable bonds is 6. The van der Waals surface area contributed by atoms with Gasteiger partial charge in [-0.15, -0.1) is 0 Å². The van der Waals surface area contributed by atoms with Crippen molar-refractivity contribution < 1.29 is 17.6 Å². The highest BCUT2D eigenvalue weighted by Gasteiger charge is 2.19. The van der Waals surface area contributed by atoms with E-state index >= 15 is 0 Å². The molecule has 0 rings (SSSR count). The molecule has 0 spiro atoms. The Bertz CT molecular complexity index is 104. The molecule has 0 unspecified atom stereocenters.